The molecule has 2 amide bonds. The second-order valence-electron chi connectivity index (χ2n) is 11.2. The van der Waals surface area contributed by atoms with E-state index in [-0.39, 0.29) is 24.3 Å². The van der Waals surface area contributed by atoms with E-state index in [0.29, 0.717) is 55.7 Å². The monoisotopic (exact) mass is 578 g/mol. The van der Waals surface area contributed by atoms with Gasteiger partial charge in [0.25, 0.3) is 0 Å². The van der Waals surface area contributed by atoms with Gasteiger partial charge in [0, 0.05) is 36.8 Å². The first kappa shape index (κ1) is 30.1. The number of aldehydes is 2. The number of carbonyl (C=O) groups is 4. The highest BCUT2D eigenvalue weighted by Gasteiger charge is 2.31. The zero-order valence-electron chi connectivity index (χ0n) is 24.3. The van der Waals surface area contributed by atoms with Crippen molar-refractivity contribution in [2.24, 2.45) is 5.73 Å². The van der Waals surface area contributed by atoms with Gasteiger partial charge in [-0.05, 0) is 58.5 Å². The number of carbonyl (C=O) groups excluding carboxylic acids is 4. The largest absolute Gasteiger partial charge is 0.354 e. The molecule has 8 nitrogen and oxygen atoms in total. The lowest BCUT2D eigenvalue weighted by atomic mass is 9.97. The standard InChI is InChI=1S/C35H38N4O4/c36-17-6-5-11-33-35(43)39(21-27-15-13-25-8-2-4-10-30(25)32(27)23-41)18-16-28(38-33)20-37-34(42)19-26-14-12-24-7-1-3-9-29(24)31(26)22-40/h1-4,7-10,12-15,22-23,28,33,38H,5-6,11,16-21,36H2,(H,37,42)/t28-,33-/m0/s1. The predicted molar refractivity (Wildman–Crippen MR) is 169 cm³/mol. The molecule has 5 rings (SSSR count). The van der Waals surface area contributed by atoms with Crippen LogP contribution < -0.4 is 16.4 Å². The van der Waals surface area contributed by atoms with Crippen LogP contribution in [0.1, 0.15) is 57.5 Å². The lowest BCUT2D eigenvalue weighted by Crippen LogP contribution is -2.48. The molecule has 0 unspecified atom stereocenters. The summed E-state index contributed by atoms with van der Waals surface area (Å²) in [6, 6.07) is 22.5. The molecule has 43 heavy (non-hydrogen) atoms. The van der Waals surface area contributed by atoms with Crippen molar-refractivity contribution in [3.05, 3.63) is 95.1 Å². The molecule has 1 fully saturated rings. The average molecular weight is 579 g/mol. The van der Waals surface area contributed by atoms with Crippen LogP contribution in [0.2, 0.25) is 0 Å². The minimum absolute atomic E-state index is 0.0114. The lowest BCUT2D eigenvalue weighted by Gasteiger charge is -2.25. The van der Waals surface area contributed by atoms with Crippen LogP contribution in [0.4, 0.5) is 0 Å². The van der Waals surface area contributed by atoms with Gasteiger partial charge in [0.2, 0.25) is 11.8 Å². The smallest absolute Gasteiger partial charge is 0.240 e. The van der Waals surface area contributed by atoms with Gasteiger partial charge in [0.05, 0.1) is 12.5 Å². The van der Waals surface area contributed by atoms with Crippen LogP contribution in [0.25, 0.3) is 21.5 Å². The molecule has 1 aliphatic rings. The Labute approximate surface area is 251 Å². The maximum Gasteiger partial charge on any atom is 0.240 e. The topological polar surface area (TPSA) is 122 Å². The van der Waals surface area contributed by atoms with Crippen molar-refractivity contribution in [3.8, 4) is 0 Å². The van der Waals surface area contributed by atoms with Gasteiger partial charge >= 0.3 is 0 Å². The molecule has 1 aliphatic heterocycles. The van der Waals surface area contributed by atoms with Crippen LogP contribution in [0.5, 0.6) is 0 Å². The Kier molecular flexibility index (Phi) is 9.92. The van der Waals surface area contributed by atoms with Gasteiger partial charge in [0.15, 0.2) is 12.6 Å². The molecule has 0 spiro atoms. The summed E-state index contributed by atoms with van der Waals surface area (Å²) in [4.78, 5) is 52.6. The number of nitrogens with zero attached hydrogens (tertiary/aromatic N) is 1. The number of unbranched alkanes of at least 4 members (excludes halogenated alkanes) is 1. The summed E-state index contributed by atoms with van der Waals surface area (Å²) in [6.45, 7) is 1.74. The van der Waals surface area contributed by atoms with E-state index in [1.807, 2.05) is 77.7 Å². The molecule has 0 bridgehead atoms. The molecular weight excluding hydrogens is 540 g/mol. The fourth-order valence-electron chi connectivity index (χ4n) is 6.03. The lowest BCUT2D eigenvalue weighted by molar-refractivity contribution is -0.133. The number of nitrogens with two attached hydrogens (primary N) is 1. The Morgan fingerprint density at radius 3 is 2.16 bits per heavy atom. The molecule has 0 aromatic heterocycles. The van der Waals surface area contributed by atoms with Gasteiger partial charge in [-0.15, -0.1) is 0 Å². The zero-order valence-corrected chi connectivity index (χ0v) is 24.3. The van der Waals surface area contributed by atoms with Crippen LogP contribution in [0.3, 0.4) is 0 Å². The van der Waals surface area contributed by atoms with Crippen molar-refractivity contribution in [1.29, 1.82) is 0 Å². The number of amides is 2. The van der Waals surface area contributed by atoms with Crippen LogP contribution in [0.15, 0.2) is 72.8 Å². The van der Waals surface area contributed by atoms with E-state index < -0.39 is 6.04 Å². The Bertz CT molecular complexity index is 1640. The van der Waals surface area contributed by atoms with Crippen LogP contribution >= 0.6 is 0 Å². The molecule has 4 aromatic rings. The maximum absolute atomic E-state index is 13.7. The quantitative estimate of drug-likeness (QED) is 0.171. The molecule has 222 valence electrons. The number of rotatable bonds is 12. The molecule has 0 aliphatic carbocycles. The van der Waals surface area contributed by atoms with Crippen molar-refractivity contribution in [3.63, 3.8) is 0 Å². The third-order valence-electron chi connectivity index (χ3n) is 8.36. The number of hydrogen-bond acceptors (Lipinski definition) is 6. The van der Waals surface area contributed by atoms with Gasteiger partial charge in [-0.1, -0.05) is 79.2 Å². The SMILES string of the molecule is NCCCC[C@@H]1N[C@H](CNC(=O)Cc2ccc3ccccc3c2C=O)CCN(Cc2ccc3ccccc3c2C=O)C1=O. The Balaban J connectivity index is 1.28. The first-order chi connectivity index (χ1) is 21.0. The third kappa shape index (κ3) is 6.98. The van der Waals surface area contributed by atoms with E-state index in [0.717, 1.165) is 52.5 Å². The highest BCUT2D eigenvalue weighted by atomic mass is 16.2. The molecule has 2 atom stereocenters. The summed E-state index contributed by atoms with van der Waals surface area (Å²) in [7, 11) is 0. The summed E-state index contributed by atoms with van der Waals surface area (Å²) in [5, 5.41) is 10.2. The molecule has 4 aromatic carbocycles. The van der Waals surface area contributed by atoms with Crippen molar-refractivity contribution in [2.45, 2.75) is 50.7 Å². The molecule has 4 N–H and O–H groups in total. The van der Waals surface area contributed by atoms with Gasteiger partial charge in [-0.3, -0.25) is 19.2 Å². The van der Waals surface area contributed by atoms with E-state index in [4.69, 9.17) is 5.73 Å². The first-order valence-corrected chi connectivity index (χ1v) is 15.0. The number of fused-ring (bicyclic) bond motifs is 2. The summed E-state index contributed by atoms with van der Waals surface area (Å²) < 4.78 is 0. The van der Waals surface area contributed by atoms with Crippen molar-refractivity contribution in [1.82, 2.24) is 15.5 Å². The van der Waals surface area contributed by atoms with Crippen molar-refractivity contribution >= 4 is 45.9 Å². The fraction of sp³-hybridized carbons (Fsp3) is 0.314. The zero-order chi connectivity index (χ0) is 30.2. The van der Waals surface area contributed by atoms with Crippen LogP contribution in [-0.4, -0.2) is 61.0 Å². The minimum Gasteiger partial charge on any atom is -0.354 e. The second kappa shape index (κ2) is 14.2. The Morgan fingerprint density at radius 1 is 0.884 bits per heavy atom. The van der Waals surface area contributed by atoms with Crippen LogP contribution in [0, 0.1) is 0 Å². The molecule has 1 heterocycles. The number of hydrogen-bond donors (Lipinski definition) is 3. The van der Waals surface area contributed by atoms with Crippen molar-refractivity contribution in [2.75, 3.05) is 19.6 Å². The van der Waals surface area contributed by atoms with Gasteiger partial charge in [0.1, 0.15) is 0 Å². The van der Waals surface area contributed by atoms with Gasteiger partial charge in [-0.2, -0.15) is 0 Å². The average Bonchev–Trinajstić information content (AvgIpc) is 3.18. The fourth-order valence-corrected chi connectivity index (χ4v) is 6.03. The predicted octanol–water partition coefficient (Wildman–Crippen LogP) is 4.17. The number of nitrogens with one attached hydrogen (secondary N) is 2. The minimum atomic E-state index is -0.418. The number of benzene rings is 4. The van der Waals surface area contributed by atoms with E-state index in [9.17, 15) is 19.2 Å². The summed E-state index contributed by atoms with van der Waals surface area (Å²) in [5.41, 5.74) is 8.36. The Hall–Kier alpha value is -4.40. The third-order valence-corrected chi connectivity index (χ3v) is 8.36. The van der Waals surface area contributed by atoms with Gasteiger partial charge < -0.3 is 21.3 Å². The molecule has 1 saturated heterocycles. The van der Waals surface area contributed by atoms with Gasteiger partial charge in [-0.25, -0.2) is 0 Å². The van der Waals surface area contributed by atoms with Crippen molar-refractivity contribution < 1.29 is 19.2 Å². The summed E-state index contributed by atoms with van der Waals surface area (Å²) in [6.07, 6.45) is 4.67. The molecule has 8 heteroatoms. The van der Waals surface area contributed by atoms with E-state index in [2.05, 4.69) is 10.6 Å². The highest BCUT2D eigenvalue weighted by molar-refractivity contribution is 6.01. The summed E-state index contributed by atoms with van der Waals surface area (Å²) in [5.74, 6) is -0.193. The second-order valence-corrected chi connectivity index (χ2v) is 11.2. The van der Waals surface area contributed by atoms with E-state index >= 15 is 0 Å². The first-order valence-electron chi connectivity index (χ1n) is 15.0. The normalized spacial score (nSPS) is 17.1. The highest BCUT2D eigenvalue weighted by Crippen LogP contribution is 2.24. The summed E-state index contributed by atoms with van der Waals surface area (Å²) >= 11 is 0. The molecule has 0 radical (unpaired) electrons. The maximum atomic E-state index is 13.7. The molecule has 0 saturated carbocycles. The Morgan fingerprint density at radius 2 is 1.51 bits per heavy atom. The van der Waals surface area contributed by atoms with E-state index in [1.165, 1.54) is 0 Å². The molecular formula is C35H38N4O4. The van der Waals surface area contributed by atoms with Crippen LogP contribution in [-0.2, 0) is 22.6 Å². The van der Waals surface area contributed by atoms with E-state index in [1.54, 1.807) is 0 Å².